The molecule has 0 saturated heterocycles. The topological polar surface area (TPSA) is 83.3 Å². The van der Waals surface area contributed by atoms with Gasteiger partial charge in [-0.25, -0.2) is 14.5 Å². The molecule has 2 aliphatic rings. The molecule has 1 aliphatic carbocycles. The highest BCUT2D eigenvalue weighted by atomic mass is 16.3. The first kappa shape index (κ1) is 16.2. The van der Waals surface area contributed by atoms with Crippen LogP contribution in [-0.2, 0) is 13.0 Å². The van der Waals surface area contributed by atoms with E-state index in [9.17, 15) is 9.90 Å². The number of rotatable bonds is 4. The lowest BCUT2D eigenvalue weighted by molar-refractivity contribution is 0.113. The van der Waals surface area contributed by atoms with E-state index in [1.807, 2.05) is 11.6 Å². The maximum absolute atomic E-state index is 12.5. The van der Waals surface area contributed by atoms with Crippen LogP contribution < -0.4 is 5.32 Å². The molecule has 3 atom stereocenters. The lowest BCUT2D eigenvalue weighted by Gasteiger charge is -2.28. The maximum Gasteiger partial charge on any atom is 0.317 e. The summed E-state index contributed by atoms with van der Waals surface area (Å²) in [6.07, 6.45) is 5.33. The number of nitrogens with zero attached hydrogens (tertiary/aromatic N) is 4. The van der Waals surface area contributed by atoms with Crippen LogP contribution in [0.4, 0.5) is 4.79 Å². The number of hydrogen-bond acceptors (Lipinski definition) is 4. The van der Waals surface area contributed by atoms with Crippen molar-refractivity contribution in [2.45, 2.75) is 64.1 Å². The SMILES string of the molecule is CCc1nc2n(n1)CCCC2NC(=O)N(C)CC1CCCC1O. The van der Waals surface area contributed by atoms with Crippen LogP contribution in [0.1, 0.15) is 56.7 Å². The fourth-order valence-corrected chi connectivity index (χ4v) is 3.61. The zero-order chi connectivity index (χ0) is 16.4. The molecular weight excluding hydrogens is 294 g/mol. The van der Waals surface area contributed by atoms with E-state index in [0.717, 1.165) is 56.7 Å². The molecule has 7 nitrogen and oxygen atoms in total. The van der Waals surface area contributed by atoms with Crippen LogP contribution in [0, 0.1) is 5.92 Å². The number of fused-ring (bicyclic) bond motifs is 1. The minimum absolute atomic E-state index is 0.0694. The molecule has 23 heavy (non-hydrogen) atoms. The highest BCUT2D eigenvalue weighted by Gasteiger charge is 2.30. The van der Waals surface area contributed by atoms with Gasteiger partial charge in [0.15, 0.2) is 5.82 Å². The van der Waals surface area contributed by atoms with E-state index in [0.29, 0.717) is 6.54 Å². The number of carbonyl (C=O) groups excluding carboxylic acids is 1. The number of aryl methyl sites for hydroxylation is 2. The predicted octanol–water partition coefficient (Wildman–Crippen LogP) is 1.48. The average Bonchev–Trinajstić information content (AvgIpc) is 3.14. The summed E-state index contributed by atoms with van der Waals surface area (Å²) in [6.45, 7) is 3.51. The molecule has 7 heteroatoms. The first-order valence-electron chi connectivity index (χ1n) is 8.71. The van der Waals surface area contributed by atoms with Gasteiger partial charge in [0.05, 0.1) is 12.1 Å². The van der Waals surface area contributed by atoms with Crippen molar-refractivity contribution in [3.63, 3.8) is 0 Å². The van der Waals surface area contributed by atoms with Crippen LogP contribution in [-0.4, -0.2) is 50.5 Å². The number of carbonyl (C=O) groups is 1. The summed E-state index contributed by atoms with van der Waals surface area (Å²) in [5.74, 6) is 1.91. The van der Waals surface area contributed by atoms with Crippen LogP contribution in [0.2, 0.25) is 0 Å². The molecule has 3 rings (SSSR count). The Hall–Kier alpha value is -1.63. The number of aliphatic hydroxyl groups excluding tert-OH is 1. The molecule has 1 aliphatic heterocycles. The van der Waals surface area contributed by atoms with Gasteiger partial charge in [-0.15, -0.1) is 0 Å². The minimum atomic E-state index is -0.268. The Morgan fingerprint density at radius 1 is 1.39 bits per heavy atom. The Labute approximate surface area is 137 Å². The zero-order valence-electron chi connectivity index (χ0n) is 14.0. The van der Waals surface area contributed by atoms with Gasteiger partial charge in [-0.1, -0.05) is 13.3 Å². The standard InChI is InChI=1S/C16H27N5O2/c1-3-14-18-15-12(7-5-9-21(15)19-14)17-16(23)20(2)10-11-6-4-8-13(11)22/h11-13,22H,3-10H2,1-2H3,(H,17,23). The van der Waals surface area contributed by atoms with Crippen LogP contribution in [0.15, 0.2) is 0 Å². The highest BCUT2D eigenvalue weighted by Crippen LogP contribution is 2.27. The predicted molar refractivity (Wildman–Crippen MR) is 85.9 cm³/mol. The van der Waals surface area contributed by atoms with Crippen LogP contribution in [0.25, 0.3) is 0 Å². The molecular formula is C16H27N5O2. The van der Waals surface area contributed by atoms with E-state index < -0.39 is 0 Å². The van der Waals surface area contributed by atoms with Crippen molar-refractivity contribution in [3.05, 3.63) is 11.6 Å². The second kappa shape index (κ2) is 6.86. The van der Waals surface area contributed by atoms with Crippen LogP contribution >= 0.6 is 0 Å². The van der Waals surface area contributed by atoms with Crippen molar-refractivity contribution in [2.24, 2.45) is 5.92 Å². The summed E-state index contributed by atoms with van der Waals surface area (Å²) in [5.41, 5.74) is 0. The zero-order valence-corrected chi connectivity index (χ0v) is 14.0. The number of aromatic nitrogens is 3. The smallest absolute Gasteiger partial charge is 0.317 e. The fourth-order valence-electron chi connectivity index (χ4n) is 3.61. The molecule has 0 radical (unpaired) electrons. The number of aliphatic hydroxyl groups is 1. The van der Waals surface area contributed by atoms with E-state index in [2.05, 4.69) is 15.4 Å². The lowest BCUT2D eigenvalue weighted by Crippen LogP contribution is -2.43. The van der Waals surface area contributed by atoms with Crippen LogP contribution in [0.5, 0.6) is 0 Å². The quantitative estimate of drug-likeness (QED) is 0.880. The van der Waals surface area contributed by atoms with Crippen molar-refractivity contribution in [2.75, 3.05) is 13.6 Å². The van der Waals surface area contributed by atoms with Gasteiger partial charge in [0.1, 0.15) is 5.82 Å². The van der Waals surface area contributed by atoms with E-state index in [-0.39, 0.29) is 24.1 Å². The molecule has 1 saturated carbocycles. The van der Waals surface area contributed by atoms with Gasteiger partial charge in [-0.2, -0.15) is 5.10 Å². The number of urea groups is 1. The molecule has 2 amide bonds. The Morgan fingerprint density at radius 2 is 2.22 bits per heavy atom. The molecule has 2 N–H and O–H groups in total. The van der Waals surface area contributed by atoms with Crippen molar-refractivity contribution >= 4 is 6.03 Å². The molecule has 0 spiro atoms. The molecule has 1 fully saturated rings. The summed E-state index contributed by atoms with van der Waals surface area (Å²) >= 11 is 0. The number of hydrogen-bond donors (Lipinski definition) is 2. The Bertz CT molecular complexity index is 559. The average molecular weight is 321 g/mol. The second-order valence-electron chi connectivity index (χ2n) is 6.75. The van der Waals surface area contributed by atoms with Gasteiger partial charge < -0.3 is 15.3 Å². The van der Waals surface area contributed by atoms with Gasteiger partial charge in [-0.05, 0) is 25.7 Å². The summed E-state index contributed by atoms with van der Waals surface area (Å²) in [4.78, 5) is 18.7. The van der Waals surface area contributed by atoms with E-state index in [1.54, 1.807) is 11.9 Å². The largest absolute Gasteiger partial charge is 0.393 e. The van der Waals surface area contributed by atoms with Gasteiger partial charge in [0.25, 0.3) is 0 Å². The maximum atomic E-state index is 12.5. The van der Waals surface area contributed by atoms with Crippen molar-refractivity contribution in [1.82, 2.24) is 25.0 Å². The van der Waals surface area contributed by atoms with Crippen LogP contribution in [0.3, 0.4) is 0 Å². The summed E-state index contributed by atoms with van der Waals surface area (Å²) in [7, 11) is 1.80. The Kier molecular flexibility index (Phi) is 4.84. The van der Waals surface area contributed by atoms with Gasteiger partial charge >= 0.3 is 6.03 Å². The number of nitrogens with one attached hydrogen (secondary N) is 1. The van der Waals surface area contributed by atoms with Gasteiger partial charge in [-0.3, -0.25) is 0 Å². The molecule has 2 heterocycles. The van der Waals surface area contributed by atoms with Crippen molar-refractivity contribution in [3.8, 4) is 0 Å². The molecule has 0 aromatic carbocycles. The monoisotopic (exact) mass is 321 g/mol. The first-order valence-corrected chi connectivity index (χ1v) is 8.71. The third-order valence-corrected chi connectivity index (χ3v) is 5.01. The minimum Gasteiger partial charge on any atom is -0.393 e. The molecule has 128 valence electrons. The molecule has 0 bridgehead atoms. The van der Waals surface area contributed by atoms with E-state index in [4.69, 9.17) is 0 Å². The summed E-state index contributed by atoms with van der Waals surface area (Å²) in [6, 6.07) is -0.163. The third kappa shape index (κ3) is 3.49. The number of amides is 2. The highest BCUT2D eigenvalue weighted by molar-refractivity contribution is 5.74. The van der Waals surface area contributed by atoms with Crippen molar-refractivity contribution < 1.29 is 9.90 Å². The third-order valence-electron chi connectivity index (χ3n) is 5.01. The van der Waals surface area contributed by atoms with E-state index in [1.165, 1.54) is 0 Å². The summed E-state index contributed by atoms with van der Waals surface area (Å²) in [5, 5.41) is 17.5. The van der Waals surface area contributed by atoms with Crippen molar-refractivity contribution in [1.29, 1.82) is 0 Å². The van der Waals surface area contributed by atoms with Gasteiger partial charge in [0.2, 0.25) is 0 Å². The Morgan fingerprint density at radius 3 is 2.91 bits per heavy atom. The first-order chi connectivity index (χ1) is 11.1. The Balaban J connectivity index is 1.60. The fraction of sp³-hybridized carbons (Fsp3) is 0.812. The lowest BCUT2D eigenvalue weighted by atomic mass is 10.1. The molecule has 3 unspecified atom stereocenters. The second-order valence-corrected chi connectivity index (χ2v) is 6.75. The van der Waals surface area contributed by atoms with E-state index >= 15 is 0 Å². The summed E-state index contributed by atoms with van der Waals surface area (Å²) < 4.78 is 1.92. The molecule has 1 aromatic rings. The van der Waals surface area contributed by atoms with Gasteiger partial charge in [0, 0.05) is 32.5 Å². The molecule has 1 aromatic heterocycles. The normalized spacial score (nSPS) is 26.8.